The Balaban J connectivity index is 3.27. The summed E-state index contributed by atoms with van der Waals surface area (Å²) >= 11 is 4.64. The highest BCUT2D eigenvalue weighted by Crippen LogP contribution is 2.19. The minimum Gasteiger partial charge on any atom is -0.176 e. The van der Waals surface area contributed by atoms with Gasteiger partial charge in [-0.2, -0.15) is 12.6 Å². The van der Waals surface area contributed by atoms with Crippen LogP contribution in [0.25, 0.3) is 0 Å². The van der Waals surface area contributed by atoms with Gasteiger partial charge in [0.25, 0.3) is 0 Å². The normalized spacial score (nSPS) is 12.8. The van der Waals surface area contributed by atoms with E-state index in [2.05, 4.69) is 40.0 Å². The van der Waals surface area contributed by atoms with Crippen LogP contribution in [0.5, 0.6) is 0 Å². The predicted octanol–water partition coefficient (Wildman–Crippen LogP) is 7.59. The van der Waals surface area contributed by atoms with Crippen molar-refractivity contribution in [2.45, 2.75) is 109 Å². The highest BCUT2D eigenvalue weighted by molar-refractivity contribution is 7.81. The van der Waals surface area contributed by atoms with E-state index < -0.39 is 0 Å². The third-order valence-corrected chi connectivity index (χ3v) is 5.29. The highest BCUT2D eigenvalue weighted by atomic mass is 32.1. The summed E-state index contributed by atoms with van der Waals surface area (Å²) in [7, 11) is 0. The molecule has 0 nitrogen and oxygen atoms in total. The molecule has 0 rings (SSSR count). The zero-order valence-electron chi connectivity index (χ0n) is 15.0. The standard InChI is InChI=1S/C20H40S/c1-5-6-7-8-9-10-12-15-19(4)16-13-11-14-17-20(21)18(2)3/h18,20-21H,4-17H2,1-3H3. The van der Waals surface area contributed by atoms with Crippen molar-refractivity contribution in [3.63, 3.8) is 0 Å². The second-order valence-corrected chi connectivity index (χ2v) is 7.70. The van der Waals surface area contributed by atoms with Gasteiger partial charge in [-0.1, -0.05) is 84.3 Å². The van der Waals surface area contributed by atoms with Gasteiger partial charge in [0.05, 0.1) is 0 Å². The zero-order chi connectivity index (χ0) is 15.9. The smallest absolute Gasteiger partial charge is 0.00398 e. The molecule has 126 valence electrons. The molecule has 0 aliphatic rings. The lowest BCUT2D eigenvalue weighted by Crippen LogP contribution is -2.07. The van der Waals surface area contributed by atoms with Crippen molar-refractivity contribution in [1.29, 1.82) is 0 Å². The van der Waals surface area contributed by atoms with Crippen molar-refractivity contribution < 1.29 is 0 Å². The summed E-state index contributed by atoms with van der Waals surface area (Å²) in [4.78, 5) is 0. The Morgan fingerprint density at radius 1 is 0.810 bits per heavy atom. The Hall–Kier alpha value is 0.0900. The van der Waals surface area contributed by atoms with Gasteiger partial charge < -0.3 is 0 Å². The molecule has 0 fully saturated rings. The third kappa shape index (κ3) is 14.8. The molecule has 21 heavy (non-hydrogen) atoms. The molecule has 1 heteroatoms. The molecular weight excluding hydrogens is 272 g/mol. The maximum absolute atomic E-state index is 4.64. The summed E-state index contributed by atoms with van der Waals surface area (Å²) in [6, 6.07) is 0. The van der Waals surface area contributed by atoms with Crippen molar-refractivity contribution in [2.75, 3.05) is 0 Å². The van der Waals surface area contributed by atoms with Gasteiger partial charge in [-0.05, 0) is 38.0 Å². The third-order valence-electron chi connectivity index (χ3n) is 4.43. The van der Waals surface area contributed by atoms with E-state index >= 15 is 0 Å². The maximum Gasteiger partial charge on any atom is 0.00398 e. The Labute approximate surface area is 140 Å². The summed E-state index contributed by atoms with van der Waals surface area (Å²) in [6.45, 7) is 11.1. The molecule has 0 aliphatic heterocycles. The summed E-state index contributed by atoms with van der Waals surface area (Å²) in [5.74, 6) is 0.709. The molecule has 0 bridgehead atoms. The quantitative estimate of drug-likeness (QED) is 0.180. The first-order valence-electron chi connectivity index (χ1n) is 9.42. The maximum atomic E-state index is 4.64. The largest absolute Gasteiger partial charge is 0.176 e. The fourth-order valence-electron chi connectivity index (χ4n) is 2.70. The SMILES string of the molecule is C=C(CCCCCCCCC)CCCCCC(S)C(C)C. The number of unbranched alkanes of at least 4 members (excludes halogenated alkanes) is 8. The van der Waals surface area contributed by atoms with Crippen LogP contribution in [-0.4, -0.2) is 5.25 Å². The van der Waals surface area contributed by atoms with Gasteiger partial charge in [-0.15, -0.1) is 0 Å². The van der Waals surface area contributed by atoms with Crippen molar-refractivity contribution in [1.82, 2.24) is 0 Å². The summed E-state index contributed by atoms with van der Waals surface area (Å²) in [5.41, 5.74) is 1.48. The van der Waals surface area contributed by atoms with Crippen LogP contribution in [0.15, 0.2) is 12.2 Å². The fraction of sp³-hybridized carbons (Fsp3) is 0.900. The first-order chi connectivity index (χ1) is 10.1. The lowest BCUT2D eigenvalue weighted by Gasteiger charge is -2.14. The predicted molar refractivity (Wildman–Crippen MR) is 102 cm³/mol. The molecule has 0 aromatic rings. The van der Waals surface area contributed by atoms with Crippen LogP contribution in [-0.2, 0) is 0 Å². The highest BCUT2D eigenvalue weighted by Gasteiger charge is 2.06. The average Bonchev–Trinajstić information content (AvgIpc) is 2.45. The first kappa shape index (κ1) is 21.1. The Morgan fingerprint density at radius 2 is 1.29 bits per heavy atom. The Kier molecular flexibility index (Phi) is 15.1. The van der Waals surface area contributed by atoms with E-state index in [1.54, 1.807) is 0 Å². The minimum atomic E-state index is 0.584. The van der Waals surface area contributed by atoms with E-state index in [0.717, 1.165) is 0 Å². The molecule has 0 aromatic heterocycles. The molecule has 0 saturated heterocycles. The molecule has 0 heterocycles. The van der Waals surface area contributed by atoms with Gasteiger partial charge in [0.15, 0.2) is 0 Å². The monoisotopic (exact) mass is 312 g/mol. The Morgan fingerprint density at radius 3 is 1.81 bits per heavy atom. The van der Waals surface area contributed by atoms with Gasteiger partial charge in [0.1, 0.15) is 0 Å². The van der Waals surface area contributed by atoms with Crippen LogP contribution in [0.4, 0.5) is 0 Å². The molecule has 0 aliphatic carbocycles. The van der Waals surface area contributed by atoms with E-state index in [0.29, 0.717) is 11.2 Å². The molecule has 0 amide bonds. The lowest BCUT2D eigenvalue weighted by molar-refractivity contribution is 0.534. The molecule has 0 spiro atoms. The van der Waals surface area contributed by atoms with Gasteiger partial charge in [0, 0.05) is 5.25 Å². The minimum absolute atomic E-state index is 0.584. The number of hydrogen-bond donors (Lipinski definition) is 1. The molecule has 0 radical (unpaired) electrons. The van der Waals surface area contributed by atoms with Gasteiger partial charge >= 0.3 is 0 Å². The number of thiol groups is 1. The summed E-state index contributed by atoms with van der Waals surface area (Å²) in [6.07, 6.45) is 17.6. The zero-order valence-corrected chi connectivity index (χ0v) is 15.9. The summed E-state index contributed by atoms with van der Waals surface area (Å²) < 4.78 is 0. The van der Waals surface area contributed by atoms with Crippen molar-refractivity contribution in [2.24, 2.45) is 5.92 Å². The lowest BCUT2D eigenvalue weighted by atomic mass is 9.99. The molecule has 0 saturated carbocycles. The fourth-order valence-corrected chi connectivity index (χ4v) is 2.88. The van der Waals surface area contributed by atoms with Crippen LogP contribution < -0.4 is 0 Å². The molecule has 0 aromatic carbocycles. The van der Waals surface area contributed by atoms with E-state index in [4.69, 9.17) is 0 Å². The molecule has 1 unspecified atom stereocenters. The van der Waals surface area contributed by atoms with Crippen molar-refractivity contribution >= 4 is 12.6 Å². The van der Waals surface area contributed by atoms with Crippen LogP contribution in [0, 0.1) is 5.92 Å². The van der Waals surface area contributed by atoms with Gasteiger partial charge in [-0.25, -0.2) is 0 Å². The van der Waals surface area contributed by atoms with E-state index in [1.165, 1.54) is 89.0 Å². The van der Waals surface area contributed by atoms with Gasteiger partial charge in [-0.3, -0.25) is 0 Å². The van der Waals surface area contributed by atoms with Crippen molar-refractivity contribution in [3.8, 4) is 0 Å². The molecule has 0 N–H and O–H groups in total. The van der Waals surface area contributed by atoms with E-state index in [-0.39, 0.29) is 0 Å². The molecule has 1 atom stereocenters. The Bertz CT molecular complexity index is 232. The topological polar surface area (TPSA) is 0 Å². The van der Waals surface area contributed by atoms with Gasteiger partial charge in [0.2, 0.25) is 0 Å². The number of hydrogen-bond acceptors (Lipinski definition) is 1. The number of rotatable bonds is 15. The van der Waals surface area contributed by atoms with Crippen LogP contribution in [0.1, 0.15) is 104 Å². The van der Waals surface area contributed by atoms with E-state index in [1.807, 2.05) is 0 Å². The van der Waals surface area contributed by atoms with Crippen LogP contribution >= 0.6 is 12.6 Å². The molecular formula is C20H40S. The second-order valence-electron chi connectivity index (χ2n) is 7.03. The first-order valence-corrected chi connectivity index (χ1v) is 9.94. The average molecular weight is 313 g/mol. The van der Waals surface area contributed by atoms with Crippen LogP contribution in [0.3, 0.4) is 0 Å². The van der Waals surface area contributed by atoms with E-state index in [9.17, 15) is 0 Å². The van der Waals surface area contributed by atoms with Crippen LogP contribution in [0.2, 0.25) is 0 Å². The summed E-state index contributed by atoms with van der Waals surface area (Å²) in [5, 5.41) is 0.584. The van der Waals surface area contributed by atoms with Crippen molar-refractivity contribution in [3.05, 3.63) is 12.2 Å². The number of allylic oxidation sites excluding steroid dienone is 1. The second kappa shape index (κ2) is 15.0.